The summed E-state index contributed by atoms with van der Waals surface area (Å²) in [5, 5.41) is 1.19. The molecule has 0 bridgehead atoms. The molecule has 6 heteroatoms. The number of fused-ring (bicyclic) bond motifs is 1. The number of carbonyl (C=O) groups excluding carboxylic acids is 2. The van der Waals surface area contributed by atoms with Crippen LogP contribution in [0.2, 0.25) is 0 Å². The van der Waals surface area contributed by atoms with Crippen molar-refractivity contribution >= 4 is 34.5 Å². The van der Waals surface area contributed by atoms with Crippen LogP contribution in [0.1, 0.15) is 24.8 Å². The molecule has 2 aromatic rings. The number of thioether (sulfide) groups is 1. The first kappa shape index (κ1) is 18.4. The molecule has 4 rings (SSSR count). The number of nitrogens with zero attached hydrogens (tertiary/aromatic N) is 2. The maximum atomic E-state index is 12.8. The van der Waals surface area contributed by atoms with Crippen molar-refractivity contribution < 1.29 is 9.59 Å². The zero-order valence-corrected chi connectivity index (χ0v) is 16.5. The Morgan fingerprint density at radius 2 is 1.93 bits per heavy atom. The minimum Gasteiger partial charge on any atom is -0.361 e. The van der Waals surface area contributed by atoms with E-state index in [0.29, 0.717) is 13.0 Å². The molecule has 2 saturated heterocycles. The number of hydrogen-bond donors (Lipinski definition) is 1. The van der Waals surface area contributed by atoms with Gasteiger partial charge >= 0.3 is 0 Å². The van der Waals surface area contributed by atoms with Crippen molar-refractivity contribution in [1.29, 1.82) is 0 Å². The molecule has 3 heterocycles. The van der Waals surface area contributed by atoms with Crippen LogP contribution in [0.3, 0.4) is 0 Å². The third kappa shape index (κ3) is 4.15. The van der Waals surface area contributed by atoms with Crippen molar-refractivity contribution in [3.63, 3.8) is 0 Å². The van der Waals surface area contributed by atoms with Crippen molar-refractivity contribution in [1.82, 2.24) is 14.8 Å². The SMILES string of the molecule is O=C(CCc1c[nH]c2ccccc12)N1CCC[C@@H](C(=O)N2CCSCC2)C1. The lowest BCUT2D eigenvalue weighted by molar-refractivity contribution is -0.140. The Hall–Kier alpha value is -1.95. The van der Waals surface area contributed by atoms with E-state index in [2.05, 4.69) is 17.1 Å². The Balaban J connectivity index is 1.33. The fourth-order valence-electron chi connectivity index (χ4n) is 4.19. The zero-order valence-electron chi connectivity index (χ0n) is 15.7. The number of aryl methyl sites for hydroxylation is 1. The van der Waals surface area contributed by atoms with Crippen LogP contribution < -0.4 is 0 Å². The number of para-hydroxylation sites is 1. The fourth-order valence-corrected chi connectivity index (χ4v) is 5.09. The molecule has 0 aliphatic carbocycles. The molecule has 0 spiro atoms. The molecule has 1 N–H and O–H groups in total. The molecule has 5 nitrogen and oxygen atoms in total. The normalized spacial score (nSPS) is 20.8. The van der Waals surface area contributed by atoms with E-state index >= 15 is 0 Å². The van der Waals surface area contributed by atoms with E-state index in [4.69, 9.17) is 0 Å². The molecule has 1 atom stereocenters. The number of carbonyl (C=O) groups is 2. The topological polar surface area (TPSA) is 56.4 Å². The highest BCUT2D eigenvalue weighted by molar-refractivity contribution is 7.99. The van der Waals surface area contributed by atoms with Gasteiger partial charge in [-0.1, -0.05) is 18.2 Å². The molecule has 1 aromatic heterocycles. The molecule has 2 fully saturated rings. The van der Waals surface area contributed by atoms with E-state index in [1.54, 1.807) is 0 Å². The van der Waals surface area contributed by atoms with Gasteiger partial charge in [0.05, 0.1) is 5.92 Å². The number of nitrogens with one attached hydrogen (secondary N) is 1. The predicted molar refractivity (Wildman–Crippen MR) is 110 cm³/mol. The lowest BCUT2D eigenvalue weighted by Crippen LogP contribution is -2.48. The molecule has 2 aliphatic rings. The fraction of sp³-hybridized carbons (Fsp3) is 0.524. The predicted octanol–water partition coefficient (Wildman–Crippen LogP) is 2.91. The van der Waals surface area contributed by atoms with Crippen LogP contribution in [0, 0.1) is 5.92 Å². The van der Waals surface area contributed by atoms with E-state index in [1.165, 1.54) is 10.9 Å². The zero-order chi connectivity index (χ0) is 18.6. The number of aromatic amines is 1. The molecule has 0 saturated carbocycles. The van der Waals surface area contributed by atoms with E-state index in [9.17, 15) is 9.59 Å². The van der Waals surface area contributed by atoms with Crippen molar-refractivity contribution in [2.75, 3.05) is 37.7 Å². The Morgan fingerprint density at radius 3 is 2.78 bits per heavy atom. The van der Waals surface area contributed by atoms with Crippen molar-refractivity contribution in [2.24, 2.45) is 5.92 Å². The van der Waals surface area contributed by atoms with Gasteiger partial charge in [0.1, 0.15) is 0 Å². The molecule has 0 radical (unpaired) electrons. The highest BCUT2D eigenvalue weighted by Crippen LogP contribution is 2.23. The summed E-state index contributed by atoms with van der Waals surface area (Å²) in [6.45, 7) is 3.09. The number of rotatable bonds is 4. The molecule has 0 unspecified atom stereocenters. The summed E-state index contributed by atoms with van der Waals surface area (Å²) in [6, 6.07) is 8.19. The van der Waals surface area contributed by atoms with Gasteiger partial charge in [-0.25, -0.2) is 0 Å². The van der Waals surface area contributed by atoms with Gasteiger partial charge in [-0.05, 0) is 30.9 Å². The number of aromatic nitrogens is 1. The quantitative estimate of drug-likeness (QED) is 0.880. The number of amides is 2. The summed E-state index contributed by atoms with van der Waals surface area (Å²) in [5.41, 5.74) is 2.30. The lowest BCUT2D eigenvalue weighted by atomic mass is 9.96. The third-order valence-electron chi connectivity index (χ3n) is 5.73. The molecule has 144 valence electrons. The highest BCUT2D eigenvalue weighted by Gasteiger charge is 2.31. The molecule has 1 aromatic carbocycles. The maximum Gasteiger partial charge on any atom is 0.227 e. The summed E-state index contributed by atoms with van der Waals surface area (Å²) in [4.78, 5) is 32.7. The van der Waals surface area contributed by atoms with Crippen LogP contribution in [-0.2, 0) is 16.0 Å². The number of likely N-dealkylation sites (tertiary alicyclic amines) is 1. The maximum absolute atomic E-state index is 12.8. The highest BCUT2D eigenvalue weighted by atomic mass is 32.2. The van der Waals surface area contributed by atoms with E-state index in [-0.39, 0.29) is 17.7 Å². The van der Waals surface area contributed by atoms with Crippen LogP contribution in [0.25, 0.3) is 10.9 Å². The minimum absolute atomic E-state index is 0.0149. The lowest BCUT2D eigenvalue weighted by Gasteiger charge is -2.36. The number of piperidine rings is 1. The van der Waals surface area contributed by atoms with Gasteiger partial charge < -0.3 is 14.8 Å². The van der Waals surface area contributed by atoms with Crippen LogP contribution in [0.15, 0.2) is 30.5 Å². The van der Waals surface area contributed by atoms with Crippen LogP contribution in [0.4, 0.5) is 0 Å². The van der Waals surface area contributed by atoms with Crippen LogP contribution in [-0.4, -0.2) is 64.3 Å². The molecular formula is C21H27N3O2S. The van der Waals surface area contributed by atoms with Gasteiger partial charge in [0, 0.05) is 61.2 Å². The Morgan fingerprint density at radius 1 is 1.11 bits per heavy atom. The average molecular weight is 386 g/mol. The molecule has 27 heavy (non-hydrogen) atoms. The van der Waals surface area contributed by atoms with Crippen molar-refractivity contribution in [3.8, 4) is 0 Å². The Kier molecular flexibility index (Phi) is 5.72. The van der Waals surface area contributed by atoms with Gasteiger partial charge in [-0.2, -0.15) is 11.8 Å². The largest absolute Gasteiger partial charge is 0.361 e. The summed E-state index contributed by atoms with van der Waals surface area (Å²) >= 11 is 1.91. The van der Waals surface area contributed by atoms with Gasteiger partial charge in [0.2, 0.25) is 11.8 Å². The first-order valence-electron chi connectivity index (χ1n) is 9.91. The summed E-state index contributed by atoms with van der Waals surface area (Å²) < 4.78 is 0. The number of hydrogen-bond acceptors (Lipinski definition) is 3. The van der Waals surface area contributed by atoms with E-state index in [1.807, 2.05) is 39.9 Å². The first-order valence-corrected chi connectivity index (χ1v) is 11.1. The van der Waals surface area contributed by atoms with Gasteiger partial charge in [0.15, 0.2) is 0 Å². The van der Waals surface area contributed by atoms with Crippen LogP contribution >= 0.6 is 11.8 Å². The third-order valence-corrected chi connectivity index (χ3v) is 6.67. The van der Waals surface area contributed by atoms with Gasteiger partial charge in [-0.15, -0.1) is 0 Å². The van der Waals surface area contributed by atoms with Crippen LogP contribution in [0.5, 0.6) is 0 Å². The Bertz CT molecular complexity index is 813. The monoisotopic (exact) mass is 385 g/mol. The van der Waals surface area contributed by atoms with E-state index < -0.39 is 0 Å². The smallest absolute Gasteiger partial charge is 0.227 e. The van der Waals surface area contributed by atoms with Crippen molar-refractivity contribution in [3.05, 3.63) is 36.0 Å². The van der Waals surface area contributed by atoms with Crippen molar-refractivity contribution in [2.45, 2.75) is 25.7 Å². The van der Waals surface area contributed by atoms with Gasteiger partial charge in [-0.3, -0.25) is 9.59 Å². The average Bonchev–Trinajstić information content (AvgIpc) is 3.15. The second-order valence-electron chi connectivity index (χ2n) is 7.48. The van der Waals surface area contributed by atoms with Gasteiger partial charge in [0.25, 0.3) is 0 Å². The number of benzene rings is 1. The van der Waals surface area contributed by atoms with E-state index in [0.717, 1.165) is 55.9 Å². The Labute approximate surface area is 164 Å². The molecule has 2 amide bonds. The first-order chi connectivity index (χ1) is 13.2. The summed E-state index contributed by atoms with van der Waals surface area (Å²) in [5.74, 6) is 2.48. The molecular weight excluding hydrogens is 358 g/mol. The second-order valence-corrected chi connectivity index (χ2v) is 8.70. The summed E-state index contributed by atoms with van der Waals surface area (Å²) in [6.07, 6.45) is 5.09. The molecule has 2 aliphatic heterocycles. The number of H-pyrrole nitrogens is 1. The second kappa shape index (κ2) is 8.38. The summed E-state index contributed by atoms with van der Waals surface area (Å²) in [7, 11) is 0. The standard InChI is InChI=1S/C21H27N3O2S/c25-20(8-7-16-14-22-19-6-2-1-5-18(16)19)24-9-3-4-17(15-24)21(26)23-10-12-27-13-11-23/h1-2,5-6,14,17,22H,3-4,7-13,15H2/t17-/m1/s1. The minimum atomic E-state index is -0.0149.